The Morgan fingerprint density at radius 3 is 2.22 bits per heavy atom. The summed E-state index contributed by atoms with van der Waals surface area (Å²) in [7, 11) is -3.87. The molecule has 0 saturated carbocycles. The number of carbonyl (C=O) groups excluding carboxylic acids is 2. The van der Waals surface area contributed by atoms with Crippen LogP contribution in [0.1, 0.15) is 77.6 Å². The van der Waals surface area contributed by atoms with Crippen molar-refractivity contribution in [2.75, 3.05) is 19.7 Å². The second kappa shape index (κ2) is 14.3. The highest BCUT2D eigenvalue weighted by Gasteiger charge is 2.39. The lowest BCUT2D eigenvalue weighted by molar-refractivity contribution is -0.147. The third-order valence-electron chi connectivity index (χ3n) is 5.75. The molecule has 2 rings (SSSR count). The van der Waals surface area contributed by atoms with Gasteiger partial charge in [-0.1, -0.05) is 82.9 Å². The lowest BCUT2D eigenvalue weighted by Gasteiger charge is -2.33. The van der Waals surface area contributed by atoms with Crippen molar-refractivity contribution in [1.29, 1.82) is 0 Å². The van der Waals surface area contributed by atoms with Gasteiger partial charge in [0.05, 0.1) is 17.9 Å². The largest absolute Gasteiger partial charge is 0.466 e. The predicted octanol–water partition coefficient (Wildman–Crippen LogP) is 4.03. The van der Waals surface area contributed by atoms with Gasteiger partial charge in [0.25, 0.3) is 0 Å². The van der Waals surface area contributed by atoms with Crippen LogP contribution in [-0.4, -0.2) is 50.3 Å². The Balaban J connectivity index is 1.72. The van der Waals surface area contributed by atoms with Gasteiger partial charge in [0.2, 0.25) is 15.9 Å². The highest BCUT2D eigenvalue weighted by atomic mass is 32.2. The van der Waals surface area contributed by atoms with Gasteiger partial charge in [0.1, 0.15) is 6.04 Å². The quantitative estimate of drug-likeness (QED) is 0.311. The highest BCUT2D eigenvalue weighted by Crippen LogP contribution is 2.21. The van der Waals surface area contributed by atoms with Crippen LogP contribution in [0.3, 0.4) is 0 Å². The molecule has 1 aromatic carbocycles. The molecule has 1 amide bonds. The summed E-state index contributed by atoms with van der Waals surface area (Å²) in [4.78, 5) is 24.8. The fourth-order valence-corrected chi connectivity index (χ4v) is 5.50. The summed E-state index contributed by atoms with van der Waals surface area (Å²) in [6.45, 7) is 2.86. The first-order valence-corrected chi connectivity index (χ1v) is 13.4. The molecule has 1 N–H and O–H groups in total. The number of benzene rings is 1. The van der Waals surface area contributed by atoms with E-state index in [-0.39, 0.29) is 24.4 Å². The Hall–Kier alpha value is -1.93. The van der Waals surface area contributed by atoms with E-state index in [4.69, 9.17) is 4.74 Å². The van der Waals surface area contributed by atoms with Gasteiger partial charge in [-0.2, -0.15) is 4.31 Å². The van der Waals surface area contributed by atoms with E-state index < -0.39 is 27.9 Å². The Bertz CT molecular complexity index is 798. The lowest BCUT2D eigenvalue weighted by atomic mass is 10.1. The first kappa shape index (κ1) is 26.3. The van der Waals surface area contributed by atoms with Crippen LogP contribution < -0.4 is 5.32 Å². The van der Waals surface area contributed by atoms with Crippen LogP contribution in [0.25, 0.3) is 0 Å². The molecule has 0 aliphatic carbocycles. The molecule has 1 aliphatic heterocycles. The number of hydrogen-bond donors (Lipinski definition) is 1. The molecule has 1 aliphatic rings. The van der Waals surface area contributed by atoms with Gasteiger partial charge >= 0.3 is 5.97 Å². The Kier molecular flexibility index (Phi) is 11.7. The summed E-state index contributed by atoms with van der Waals surface area (Å²) < 4.78 is 32.4. The average Bonchev–Trinajstić information content (AvgIpc) is 2.79. The molecule has 0 radical (unpaired) electrons. The van der Waals surface area contributed by atoms with Crippen molar-refractivity contribution < 1.29 is 22.7 Å². The summed E-state index contributed by atoms with van der Waals surface area (Å²) in [6.07, 6.45) is 11.6. The van der Waals surface area contributed by atoms with Crippen LogP contribution in [0.4, 0.5) is 0 Å². The molecular weight excluding hydrogens is 428 g/mol. The topological polar surface area (TPSA) is 92.8 Å². The minimum absolute atomic E-state index is 0.110. The van der Waals surface area contributed by atoms with Crippen molar-refractivity contribution in [1.82, 2.24) is 9.62 Å². The molecule has 1 atom stereocenters. The second-order valence-corrected chi connectivity index (χ2v) is 10.2. The van der Waals surface area contributed by atoms with Crippen molar-refractivity contribution in [3.8, 4) is 0 Å². The standard InChI is InChI=1S/C24H38N2O5S/c1-2-3-4-5-6-7-8-9-10-14-19-31-23(27)20-22-24(28)25-17-18-26(22)32(29,30)21-15-12-11-13-16-21/h11-13,15-16,22H,2-10,14,17-20H2,1H3,(H,25,28). The summed E-state index contributed by atoms with van der Waals surface area (Å²) in [6, 6.07) is 6.88. The minimum atomic E-state index is -3.87. The van der Waals surface area contributed by atoms with E-state index in [9.17, 15) is 18.0 Å². The van der Waals surface area contributed by atoms with Crippen molar-refractivity contribution in [2.24, 2.45) is 0 Å². The molecule has 0 bridgehead atoms. The number of unbranched alkanes of at least 4 members (excludes halogenated alkanes) is 9. The maximum Gasteiger partial charge on any atom is 0.307 e. The van der Waals surface area contributed by atoms with Crippen molar-refractivity contribution >= 4 is 21.9 Å². The zero-order chi connectivity index (χ0) is 23.2. The third kappa shape index (κ3) is 8.54. The third-order valence-corrected chi connectivity index (χ3v) is 7.67. The van der Waals surface area contributed by atoms with Gasteiger partial charge < -0.3 is 10.1 Å². The van der Waals surface area contributed by atoms with Gasteiger partial charge in [0.15, 0.2) is 0 Å². The number of piperazine rings is 1. The van der Waals surface area contributed by atoms with E-state index in [2.05, 4.69) is 12.2 Å². The number of amides is 1. The SMILES string of the molecule is CCCCCCCCCCCCOC(=O)CC1C(=O)NCCN1S(=O)(=O)c1ccccc1. The normalized spacial score (nSPS) is 17.2. The number of hydrogen-bond acceptors (Lipinski definition) is 5. The summed E-state index contributed by atoms with van der Waals surface area (Å²) >= 11 is 0. The number of esters is 1. The van der Waals surface area contributed by atoms with E-state index in [0.717, 1.165) is 23.6 Å². The minimum Gasteiger partial charge on any atom is -0.466 e. The number of carbonyl (C=O) groups is 2. The molecule has 0 aromatic heterocycles. The molecule has 1 saturated heterocycles. The van der Waals surface area contributed by atoms with Crippen LogP contribution in [-0.2, 0) is 24.3 Å². The second-order valence-electron chi connectivity index (χ2n) is 8.34. The maximum absolute atomic E-state index is 13.0. The number of ether oxygens (including phenoxy) is 1. The van der Waals surface area contributed by atoms with Crippen molar-refractivity contribution in [2.45, 2.75) is 88.5 Å². The Morgan fingerprint density at radius 2 is 1.59 bits per heavy atom. The molecular formula is C24H38N2O5S. The predicted molar refractivity (Wildman–Crippen MR) is 125 cm³/mol. The zero-order valence-corrected chi connectivity index (χ0v) is 20.1. The Labute approximate surface area is 193 Å². The van der Waals surface area contributed by atoms with Gasteiger partial charge in [-0.15, -0.1) is 0 Å². The zero-order valence-electron chi connectivity index (χ0n) is 19.3. The van der Waals surface area contributed by atoms with Crippen molar-refractivity contribution in [3.05, 3.63) is 30.3 Å². The van der Waals surface area contributed by atoms with Gasteiger partial charge in [-0.25, -0.2) is 8.42 Å². The smallest absolute Gasteiger partial charge is 0.307 e. The van der Waals surface area contributed by atoms with Crippen LogP contribution in [0.5, 0.6) is 0 Å². The molecule has 0 spiro atoms. The summed E-state index contributed by atoms with van der Waals surface area (Å²) in [5, 5.41) is 2.65. The van der Waals surface area contributed by atoms with Crippen LogP contribution in [0.15, 0.2) is 35.2 Å². The molecule has 32 heavy (non-hydrogen) atoms. The lowest BCUT2D eigenvalue weighted by Crippen LogP contribution is -2.57. The fourth-order valence-electron chi connectivity index (χ4n) is 3.90. The molecule has 1 heterocycles. The summed E-state index contributed by atoms with van der Waals surface area (Å²) in [5.41, 5.74) is 0. The monoisotopic (exact) mass is 466 g/mol. The molecule has 1 fully saturated rings. The molecule has 7 nitrogen and oxygen atoms in total. The Morgan fingerprint density at radius 1 is 1.00 bits per heavy atom. The van der Waals surface area contributed by atoms with E-state index in [1.54, 1.807) is 18.2 Å². The first-order chi connectivity index (χ1) is 15.5. The van der Waals surface area contributed by atoms with Gasteiger partial charge in [0, 0.05) is 13.1 Å². The van der Waals surface area contributed by atoms with Gasteiger partial charge in [-0.3, -0.25) is 9.59 Å². The average molecular weight is 467 g/mol. The van der Waals surface area contributed by atoms with E-state index >= 15 is 0 Å². The van der Waals surface area contributed by atoms with E-state index in [1.165, 1.54) is 57.1 Å². The number of nitrogens with zero attached hydrogens (tertiary/aromatic N) is 1. The number of sulfonamides is 1. The molecule has 180 valence electrons. The fraction of sp³-hybridized carbons (Fsp3) is 0.667. The van der Waals surface area contributed by atoms with E-state index in [1.807, 2.05) is 0 Å². The first-order valence-electron chi connectivity index (χ1n) is 12.0. The molecule has 8 heteroatoms. The van der Waals surface area contributed by atoms with E-state index in [0.29, 0.717) is 6.61 Å². The van der Waals surface area contributed by atoms with Gasteiger partial charge in [-0.05, 0) is 18.6 Å². The van der Waals surface area contributed by atoms with Crippen molar-refractivity contribution in [3.63, 3.8) is 0 Å². The van der Waals surface area contributed by atoms with Crippen LogP contribution in [0.2, 0.25) is 0 Å². The number of nitrogens with one attached hydrogen (secondary N) is 1. The maximum atomic E-state index is 13.0. The van der Waals surface area contributed by atoms with Crippen LogP contribution >= 0.6 is 0 Å². The van der Waals surface area contributed by atoms with Crippen LogP contribution in [0, 0.1) is 0 Å². The number of rotatable bonds is 15. The molecule has 1 unspecified atom stereocenters. The highest BCUT2D eigenvalue weighted by molar-refractivity contribution is 7.89. The summed E-state index contributed by atoms with van der Waals surface area (Å²) in [5.74, 6) is -1.01. The molecule has 1 aromatic rings.